The zero-order valence-electron chi connectivity index (χ0n) is 28.0. The number of hydrogen-bond donors (Lipinski definition) is 0. The monoisotopic (exact) mass is 1050 g/mol. The normalized spacial score (nSPS) is 9.76. The van der Waals surface area contributed by atoms with E-state index in [4.69, 9.17) is 9.47 Å². The van der Waals surface area contributed by atoms with Crippen molar-refractivity contribution in [1.82, 2.24) is 25.0 Å². The van der Waals surface area contributed by atoms with E-state index in [0.717, 1.165) is 45.3 Å². The van der Waals surface area contributed by atoms with Gasteiger partial charge in [0.15, 0.2) is 0 Å². The third-order valence-electron chi connectivity index (χ3n) is 6.61. The molecule has 0 spiro atoms. The number of aromatic nitrogens is 5. The zero-order valence-corrected chi connectivity index (χ0v) is 33.1. The number of hydrogen-bond acceptors (Lipinski definition) is 5. The van der Waals surface area contributed by atoms with E-state index < -0.39 is 0 Å². The van der Waals surface area contributed by atoms with Crippen LogP contribution in [0.2, 0.25) is 0 Å². The van der Waals surface area contributed by atoms with E-state index in [1.54, 1.807) is 32.4 Å². The molecule has 0 saturated carbocycles. The Morgan fingerprint density at radius 1 is 0.720 bits per heavy atom. The Labute approximate surface area is 326 Å². The van der Waals surface area contributed by atoms with Crippen molar-refractivity contribution in [2.75, 3.05) is 0 Å². The van der Waals surface area contributed by atoms with E-state index in [1.807, 2.05) is 136 Å². The summed E-state index contributed by atoms with van der Waals surface area (Å²) in [7, 11) is 4.58. The maximum absolute atomic E-state index is 5.87. The van der Waals surface area contributed by atoms with Gasteiger partial charge in [-0.05, 0) is 44.7 Å². The summed E-state index contributed by atoms with van der Waals surface area (Å²) in [5.74, 6) is 2.70. The Kier molecular flexibility index (Phi) is 17.0. The number of aryl methyl sites for hydroxylation is 5. The van der Waals surface area contributed by atoms with Gasteiger partial charge in [-0.25, -0.2) is 5.69 Å². The summed E-state index contributed by atoms with van der Waals surface area (Å²) < 4.78 is 13.5. The maximum Gasteiger partial charge on any atom is 0.0267 e. The van der Waals surface area contributed by atoms with Gasteiger partial charge in [0.25, 0.3) is 0 Å². The van der Waals surface area contributed by atoms with Gasteiger partial charge < -0.3 is 19.7 Å². The van der Waals surface area contributed by atoms with Crippen molar-refractivity contribution in [2.24, 2.45) is 0 Å². The molecule has 0 aliphatic heterocycles. The van der Waals surface area contributed by atoms with Crippen LogP contribution in [0.3, 0.4) is 0 Å². The first kappa shape index (κ1) is 40.3. The van der Waals surface area contributed by atoms with Crippen LogP contribution in [0.4, 0.5) is 0 Å². The molecule has 0 N–H and O–H groups in total. The van der Waals surface area contributed by atoms with E-state index in [-0.39, 0.29) is 22.4 Å². The molecule has 0 amide bonds. The summed E-state index contributed by atoms with van der Waals surface area (Å²) in [6.45, 7) is 9.96. The average molecular weight is 1050 g/mol. The van der Waals surface area contributed by atoms with Crippen LogP contribution >= 0.6 is 9.19 Å². The summed E-state index contributed by atoms with van der Waals surface area (Å²) in [6, 6.07) is 45.3. The van der Waals surface area contributed by atoms with Crippen LogP contribution in [0.25, 0.3) is 16.9 Å². The van der Waals surface area contributed by atoms with Crippen molar-refractivity contribution in [1.29, 1.82) is 0 Å². The number of ether oxygens (including phenoxy) is 2. The maximum atomic E-state index is 5.87. The average Bonchev–Trinajstić information content (AvgIpc) is 3.72. The number of para-hydroxylation sites is 1. The molecule has 0 atom stereocenters. The standard InChI is InChI=1S/C18H15N2O.C17H14N2O.C5H5N.2Au.ClH/c1-12-7-8-18(13(2)9-12)21-16-6-4-5-15(11-16)17-10-14(3)19-20-17;1-13-11-14(2)19(18-13)15-7-6-10-17(12-15)20-16-8-4-3-5-9-16;1-2-4-6-5-3-1;;;/h4-7,9-10H,1-3H3;3-8,10-11H,1-2H3;1-5H;;;1H/q-3;-2;;+1;+3;/p-1. The summed E-state index contributed by atoms with van der Waals surface area (Å²) in [5.41, 5.74) is 7.72. The molecule has 50 heavy (non-hydrogen) atoms. The summed E-state index contributed by atoms with van der Waals surface area (Å²) in [6.07, 6.45) is 3.50. The van der Waals surface area contributed by atoms with E-state index in [2.05, 4.69) is 59.8 Å². The van der Waals surface area contributed by atoms with Crippen LogP contribution in [0.1, 0.15) is 28.2 Å². The molecule has 10 heteroatoms. The Bertz CT molecular complexity index is 1990. The van der Waals surface area contributed by atoms with Gasteiger partial charge in [-0.3, -0.25) is 9.67 Å². The van der Waals surface area contributed by atoms with E-state index in [1.165, 1.54) is 5.56 Å². The van der Waals surface area contributed by atoms with Crippen LogP contribution in [0.5, 0.6) is 23.0 Å². The molecule has 3 heterocycles. The first-order chi connectivity index (χ1) is 23.8. The van der Waals surface area contributed by atoms with Crippen LogP contribution in [0.15, 0.2) is 116 Å². The second-order valence-electron chi connectivity index (χ2n) is 10.7. The van der Waals surface area contributed by atoms with Crippen molar-refractivity contribution in [2.45, 2.75) is 34.6 Å². The summed E-state index contributed by atoms with van der Waals surface area (Å²) in [5, 5.41) is 12.6. The second kappa shape index (κ2) is 21.1. The smallest absolute Gasteiger partial charge is 0.0267 e. The number of nitrogens with zero attached hydrogens (tertiary/aromatic N) is 5. The first-order valence-corrected chi connectivity index (χ1v) is 17.9. The molecule has 0 aliphatic rings. The van der Waals surface area contributed by atoms with Crippen molar-refractivity contribution in [3.63, 3.8) is 0 Å². The molecule has 7 aromatic rings. The van der Waals surface area contributed by atoms with E-state index in [0.29, 0.717) is 17.2 Å². The first-order valence-electron chi connectivity index (χ1n) is 15.2. The predicted octanol–water partition coefficient (Wildman–Crippen LogP) is 9.67. The Morgan fingerprint density at radius 2 is 1.44 bits per heavy atom. The molecule has 0 bridgehead atoms. The van der Waals surface area contributed by atoms with Gasteiger partial charge >= 0.3 is 51.6 Å². The molecule has 4 aromatic carbocycles. The molecule has 0 aliphatic carbocycles. The quantitative estimate of drug-likeness (QED) is 0.122. The molecule has 3 aromatic heterocycles. The molecule has 0 radical (unpaired) electrons. The summed E-state index contributed by atoms with van der Waals surface area (Å²) >= 11 is 1.75. The predicted molar refractivity (Wildman–Crippen MR) is 189 cm³/mol. The molecular weight excluding hydrogens is 1010 g/mol. The SMILES string of the molecule is Cc1c[c-]c(Oc2[c-]c(-c3cc(C)n[n-]3)ccc2)c(C)c1.Cc1cc(C)n(-c2[c-]c(Oc3[c-]cccc3)ccc2)n1.[Au+3].[Cl][Au].c1ccncc1. The molecule has 262 valence electrons. The van der Waals surface area contributed by atoms with Crippen molar-refractivity contribution in [3.8, 4) is 39.9 Å². The largest absolute Gasteiger partial charge is 0.265 e. The van der Waals surface area contributed by atoms with Crippen molar-refractivity contribution < 1.29 is 51.8 Å². The van der Waals surface area contributed by atoms with Gasteiger partial charge in [0, 0.05) is 46.8 Å². The van der Waals surface area contributed by atoms with Gasteiger partial charge in [0.2, 0.25) is 0 Å². The van der Waals surface area contributed by atoms with Crippen molar-refractivity contribution >= 4 is 9.19 Å². The minimum atomic E-state index is 0. The van der Waals surface area contributed by atoms with Gasteiger partial charge in [-0.1, -0.05) is 32.0 Å². The van der Waals surface area contributed by atoms with Crippen LogP contribution in [-0.2, 0) is 42.4 Å². The van der Waals surface area contributed by atoms with Crippen LogP contribution in [0, 0.1) is 58.9 Å². The van der Waals surface area contributed by atoms with Crippen LogP contribution in [-0.4, -0.2) is 19.9 Å². The number of halogens is 1. The minimum absolute atomic E-state index is 0. The van der Waals surface area contributed by atoms with Gasteiger partial charge in [-0.2, -0.15) is 52.6 Å². The second-order valence-corrected chi connectivity index (χ2v) is 10.7. The molecule has 7 nitrogen and oxygen atoms in total. The van der Waals surface area contributed by atoms with E-state index in [9.17, 15) is 0 Å². The Hall–Kier alpha value is -4.18. The van der Waals surface area contributed by atoms with Gasteiger partial charge in [-0.15, -0.1) is 60.2 Å². The Balaban J connectivity index is 0.000000219. The summed E-state index contributed by atoms with van der Waals surface area (Å²) in [4.78, 5) is 3.78. The molecule has 0 unspecified atom stereocenters. The number of benzene rings is 4. The third-order valence-corrected chi connectivity index (χ3v) is 6.61. The Morgan fingerprint density at radius 3 is 2.02 bits per heavy atom. The van der Waals surface area contributed by atoms with Gasteiger partial charge in [0.1, 0.15) is 0 Å². The molecule has 0 saturated heterocycles. The molecular formula is C40H34Au2ClN5O2-2. The number of pyridine rings is 1. The van der Waals surface area contributed by atoms with E-state index >= 15 is 0 Å². The molecule has 7 rings (SSSR count). The molecule has 0 fully saturated rings. The van der Waals surface area contributed by atoms with Gasteiger partial charge in [0.05, 0.1) is 5.69 Å². The fourth-order valence-electron chi connectivity index (χ4n) is 4.50. The van der Waals surface area contributed by atoms with Crippen LogP contribution < -0.4 is 14.6 Å². The number of rotatable bonds is 6. The topological polar surface area (TPSA) is 76.2 Å². The zero-order chi connectivity index (χ0) is 35.0. The fourth-order valence-corrected chi connectivity index (χ4v) is 4.50. The van der Waals surface area contributed by atoms with Crippen molar-refractivity contribution in [3.05, 3.63) is 168 Å². The fraction of sp³-hybridized carbons (Fsp3) is 0.125. The minimum Gasteiger partial charge on any atom is -0.265 e. The third kappa shape index (κ3) is 12.6.